The van der Waals surface area contributed by atoms with E-state index in [1.807, 2.05) is 38.1 Å². The van der Waals surface area contributed by atoms with Gasteiger partial charge in [0.2, 0.25) is 0 Å². The first kappa shape index (κ1) is 23.8. The van der Waals surface area contributed by atoms with Crippen molar-refractivity contribution in [3.63, 3.8) is 0 Å². The first-order valence-corrected chi connectivity index (χ1v) is 11.0. The van der Waals surface area contributed by atoms with Gasteiger partial charge in [0.25, 0.3) is 11.5 Å². The Bertz CT molecular complexity index is 1090. The summed E-state index contributed by atoms with van der Waals surface area (Å²) >= 11 is 0. The van der Waals surface area contributed by atoms with Gasteiger partial charge in [0.05, 0.1) is 25.2 Å². The second-order valence-electron chi connectivity index (χ2n) is 7.22. The highest BCUT2D eigenvalue weighted by atomic mass is 16.5. The lowest BCUT2D eigenvalue weighted by atomic mass is 10.1. The van der Waals surface area contributed by atoms with Crippen LogP contribution in [0.15, 0.2) is 65.7 Å². The summed E-state index contributed by atoms with van der Waals surface area (Å²) in [6.07, 6.45) is 0.806. The summed E-state index contributed by atoms with van der Waals surface area (Å²) in [5, 5.41) is 2.78. The van der Waals surface area contributed by atoms with Gasteiger partial charge in [-0.05, 0) is 69.3 Å². The Balaban J connectivity index is 1.50. The van der Waals surface area contributed by atoms with Gasteiger partial charge in [0.15, 0.2) is 6.10 Å². The second kappa shape index (κ2) is 11.7. The number of nitrogens with zero attached hydrogens (tertiary/aromatic N) is 2. The highest BCUT2D eigenvalue weighted by Crippen LogP contribution is 2.20. The number of carbonyl (C=O) groups is 1. The summed E-state index contributed by atoms with van der Waals surface area (Å²) in [7, 11) is 0. The molecule has 1 unspecified atom stereocenters. The third-order valence-electron chi connectivity index (χ3n) is 4.81. The fourth-order valence-electron chi connectivity index (χ4n) is 3.12. The monoisotopic (exact) mass is 451 g/mol. The van der Waals surface area contributed by atoms with Crippen molar-refractivity contribution in [2.24, 2.45) is 0 Å². The van der Waals surface area contributed by atoms with Gasteiger partial charge in [-0.2, -0.15) is 0 Å². The molecular formula is C25H29N3O5. The Kier molecular flexibility index (Phi) is 8.46. The van der Waals surface area contributed by atoms with Crippen LogP contribution in [0.25, 0.3) is 11.3 Å². The predicted octanol–water partition coefficient (Wildman–Crippen LogP) is 3.29. The largest absolute Gasteiger partial charge is 0.494 e. The molecule has 0 radical (unpaired) electrons. The molecule has 1 amide bonds. The van der Waals surface area contributed by atoms with Crippen molar-refractivity contribution in [2.75, 3.05) is 19.8 Å². The lowest BCUT2D eigenvalue weighted by molar-refractivity contribution is -0.127. The quantitative estimate of drug-likeness (QED) is 0.481. The van der Waals surface area contributed by atoms with Crippen LogP contribution in [0.4, 0.5) is 0 Å². The van der Waals surface area contributed by atoms with E-state index < -0.39 is 6.10 Å². The van der Waals surface area contributed by atoms with Crippen molar-refractivity contribution in [3.05, 3.63) is 71.3 Å². The number of amides is 1. The maximum atomic E-state index is 12.5. The van der Waals surface area contributed by atoms with Crippen molar-refractivity contribution >= 4 is 5.91 Å². The van der Waals surface area contributed by atoms with Gasteiger partial charge in [-0.3, -0.25) is 14.2 Å². The van der Waals surface area contributed by atoms with Gasteiger partial charge in [-0.1, -0.05) is 0 Å². The van der Waals surface area contributed by atoms with Crippen LogP contribution >= 0.6 is 0 Å². The standard InChI is InChI=1S/C25H29N3O5/c1-4-31-20-8-6-19(7-9-20)23-16-24(29)28(17-27-23)15-14-26-25(30)18(3)33-22-12-10-21(11-13-22)32-5-2/h6-13,16-18H,4-5,14-15H2,1-3H3,(H,26,30). The molecule has 0 aliphatic rings. The molecule has 1 atom stereocenters. The molecule has 0 saturated heterocycles. The molecule has 1 heterocycles. The topological polar surface area (TPSA) is 91.7 Å². The normalized spacial score (nSPS) is 11.5. The lowest BCUT2D eigenvalue weighted by Gasteiger charge is -2.15. The minimum absolute atomic E-state index is 0.193. The number of hydrogen-bond donors (Lipinski definition) is 1. The van der Waals surface area contributed by atoms with Gasteiger partial charge < -0.3 is 19.5 Å². The molecule has 1 aromatic heterocycles. The number of aromatic nitrogens is 2. The van der Waals surface area contributed by atoms with E-state index in [1.165, 1.54) is 17.0 Å². The number of carbonyl (C=O) groups excluding carboxylic acids is 1. The molecule has 0 spiro atoms. The number of ether oxygens (including phenoxy) is 3. The Morgan fingerprint density at radius 1 is 0.970 bits per heavy atom. The van der Waals surface area contributed by atoms with Crippen molar-refractivity contribution in [2.45, 2.75) is 33.4 Å². The summed E-state index contributed by atoms with van der Waals surface area (Å²) in [4.78, 5) is 29.2. The Hall–Kier alpha value is -3.81. The van der Waals surface area contributed by atoms with Crippen molar-refractivity contribution in [1.82, 2.24) is 14.9 Å². The zero-order valence-corrected chi connectivity index (χ0v) is 19.1. The maximum Gasteiger partial charge on any atom is 0.260 e. The molecule has 174 valence electrons. The summed E-state index contributed by atoms with van der Waals surface area (Å²) in [5.74, 6) is 1.82. The van der Waals surface area contributed by atoms with Crippen molar-refractivity contribution in [3.8, 4) is 28.5 Å². The zero-order chi connectivity index (χ0) is 23.6. The van der Waals surface area contributed by atoms with E-state index in [9.17, 15) is 9.59 Å². The Labute approximate surface area is 193 Å². The fourth-order valence-corrected chi connectivity index (χ4v) is 3.12. The van der Waals surface area contributed by atoms with E-state index in [0.717, 1.165) is 17.1 Å². The molecule has 0 saturated carbocycles. The minimum atomic E-state index is -0.681. The van der Waals surface area contributed by atoms with Gasteiger partial charge >= 0.3 is 0 Å². The zero-order valence-electron chi connectivity index (χ0n) is 19.1. The van der Waals surface area contributed by atoms with E-state index >= 15 is 0 Å². The molecular weight excluding hydrogens is 422 g/mol. The van der Waals surface area contributed by atoms with Crippen LogP contribution in [0, 0.1) is 0 Å². The minimum Gasteiger partial charge on any atom is -0.494 e. The van der Waals surface area contributed by atoms with Crippen LogP contribution in [0.3, 0.4) is 0 Å². The number of rotatable bonds is 11. The highest BCUT2D eigenvalue weighted by Gasteiger charge is 2.14. The fraction of sp³-hybridized carbons (Fsp3) is 0.320. The number of hydrogen-bond acceptors (Lipinski definition) is 6. The summed E-state index contributed by atoms with van der Waals surface area (Å²) in [6.45, 7) is 7.27. The second-order valence-corrected chi connectivity index (χ2v) is 7.22. The Morgan fingerprint density at radius 3 is 2.12 bits per heavy atom. The molecule has 0 aliphatic heterocycles. The van der Waals surface area contributed by atoms with Crippen LogP contribution < -0.4 is 25.1 Å². The maximum absolute atomic E-state index is 12.5. The van der Waals surface area contributed by atoms with Crippen LogP contribution in [-0.4, -0.2) is 41.3 Å². The lowest BCUT2D eigenvalue weighted by Crippen LogP contribution is -2.38. The van der Waals surface area contributed by atoms with E-state index in [-0.39, 0.29) is 18.0 Å². The summed E-state index contributed by atoms with van der Waals surface area (Å²) in [5.41, 5.74) is 1.22. The summed E-state index contributed by atoms with van der Waals surface area (Å²) < 4.78 is 17.9. The van der Waals surface area contributed by atoms with E-state index in [2.05, 4.69) is 10.3 Å². The van der Waals surface area contributed by atoms with Gasteiger partial charge in [-0.25, -0.2) is 4.98 Å². The first-order valence-electron chi connectivity index (χ1n) is 11.0. The molecule has 2 aromatic carbocycles. The third kappa shape index (κ3) is 6.83. The average molecular weight is 452 g/mol. The average Bonchev–Trinajstić information content (AvgIpc) is 2.82. The van der Waals surface area contributed by atoms with Crippen molar-refractivity contribution in [1.29, 1.82) is 0 Å². The third-order valence-corrected chi connectivity index (χ3v) is 4.81. The smallest absolute Gasteiger partial charge is 0.260 e. The SMILES string of the molecule is CCOc1ccc(OC(C)C(=O)NCCn2cnc(-c3ccc(OCC)cc3)cc2=O)cc1. The van der Waals surface area contributed by atoms with Gasteiger partial charge in [0, 0.05) is 24.7 Å². The van der Waals surface area contributed by atoms with E-state index in [0.29, 0.717) is 31.2 Å². The van der Waals surface area contributed by atoms with Crippen LogP contribution in [-0.2, 0) is 11.3 Å². The molecule has 33 heavy (non-hydrogen) atoms. The first-order chi connectivity index (χ1) is 16.0. The number of nitrogens with one attached hydrogen (secondary N) is 1. The highest BCUT2D eigenvalue weighted by molar-refractivity contribution is 5.80. The van der Waals surface area contributed by atoms with Crippen LogP contribution in [0.1, 0.15) is 20.8 Å². The molecule has 0 aliphatic carbocycles. The Morgan fingerprint density at radius 2 is 1.55 bits per heavy atom. The molecule has 3 rings (SSSR count). The predicted molar refractivity (Wildman–Crippen MR) is 126 cm³/mol. The molecule has 1 N–H and O–H groups in total. The van der Waals surface area contributed by atoms with Gasteiger partial charge in [0.1, 0.15) is 17.2 Å². The van der Waals surface area contributed by atoms with E-state index in [4.69, 9.17) is 14.2 Å². The summed E-state index contributed by atoms with van der Waals surface area (Å²) in [6, 6.07) is 16.0. The molecule has 0 bridgehead atoms. The molecule has 0 fully saturated rings. The van der Waals surface area contributed by atoms with E-state index in [1.54, 1.807) is 31.2 Å². The van der Waals surface area contributed by atoms with Gasteiger partial charge in [-0.15, -0.1) is 0 Å². The molecule has 3 aromatic rings. The van der Waals surface area contributed by atoms with Crippen LogP contribution in [0.2, 0.25) is 0 Å². The number of benzene rings is 2. The molecule has 8 heteroatoms. The van der Waals surface area contributed by atoms with Crippen LogP contribution in [0.5, 0.6) is 17.2 Å². The van der Waals surface area contributed by atoms with Crippen molar-refractivity contribution < 1.29 is 19.0 Å². The molecule has 8 nitrogen and oxygen atoms in total.